The molecule has 3 atom stereocenters. The van der Waals surface area contributed by atoms with E-state index in [0.29, 0.717) is 32.8 Å². The lowest BCUT2D eigenvalue weighted by Crippen LogP contribution is -2.32. The van der Waals surface area contributed by atoms with Crippen LogP contribution in [0, 0.1) is 5.92 Å². The monoisotopic (exact) mass is 597 g/mol. The van der Waals surface area contributed by atoms with Crippen molar-refractivity contribution in [2.24, 2.45) is 5.92 Å². The lowest BCUT2D eigenvalue weighted by molar-refractivity contribution is -0.122. The second-order valence-corrected chi connectivity index (χ2v) is 12.1. The maximum atomic E-state index is 13.9. The molecule has 0 bridgehead atoms. The third-order valence-corrected chi connectivity index (χ3v) is 10.2. The van der Waals surface area contributed by atoms with Crippen LogP contribution in [-0.2, 0) is 20.9 Å². The van der Waals surface area contributed by atoms with Crippen LogP contribution in [0.2, 0.25) is 0 Å². The number of amides is 3. The lowest BCUT2D eigenvalue weighted by Gasteiger charge is -2.29. The van der Waals surface area contributed by atoms with E-state index < -0.39 is 17.1 Å². The van der Waals surface area contributed by atoms with Gasteiger partial charge in [0.2, 0.25) is 17.7 Å². The van der Waals surface area contributed by atoms with Gasteiger partial charge in [-0.3, -0.25) is 23.7 Å². The molecule has 1 fully saturated rings. The van der Waals surface area contributed by atoms with E-state index in [2.05, 4.69) is 5.32 Å². The van der Waals surface area contributed by atoms with Gasteiger partial charge >= 0.3 is 4.87 Å². The largest absolute Gasteiger partial charge is 0.497 e. The highest BCUT2D eigenvalue weighted by Gasteiger charge is 2.57. The van der Waals surface area contributed by atoms with Gasteiger partial charge in [0.25, 0.3) is 0 Å². The molecule has 1 N–H and O–H groups in total. The first-order valence-corrected chi connectivity index (χ1v) is 14.9. The molecular formula is C31H23N3O6S2. The molecule has 0 radical (unpaired) electrons. The average Bonchev–Trinajstić information content (AvgIpc) is 3.70. The zero-order valence-corrected chi connectivity index (χ0v) is 23.8. The number of nitrogens with zero attached hydrogens (tertiary/aromatic N) is 2. The number of furan rings is 1. The van der Waals surface area contributed by atoms with E-state index in [1.807, 2.05) is 42.5 Å². The summed E-state index contributed by atoms with van der Waals surface area (Å²) in [7, 11) is 1.54. The van der Waals surface area contributed by atoms with E-state index in [1.54, 1.807) is 43.5 Å². The zero-order chi connectivity index (χ0) is 29.0. The van der Waals surface area contributed by atoms with Gasteiger partial charge in [0, 0.05) is 5.69 Å². The molecule has 0 aliphatic carbocycles. The number of rotatable bonds is 6. The number of methoxy groups -OCH3 is 1. The number of thioether (sulfide) groups is 1. The second-order valence-electron chi connectivity index (χ2n) is 10.0. The Morgan fingerprint density at radius 2 is 1.74 bits per heavy atom. The number of hydrogen-bond acceptors (Lipinski definition) is 8. The summed E-state index contributed by atoms with van der Waals surface area (Å²) in [5, 5.41) is 4.61. The molecule has 0 spiro atoms. The Morgan fingerprint density at radius 3 is 2.48 bits per heavy atom. The fourth-order valence-corrected chi connectivity index (χ4v) is 8.38. The van der Waals surface area contributed by atoms with E-state index >= 15 is 0 Å². The Balaban J connectivity index is 1.23. The normalized spacial score (nSPS) is 19.5. The maximum absolute atomic E-state index is 13.9. The number of aromatic nitrogens is 1. The topological polar surface area (TPSA) is 111 Å². The first kappa shape index (κ1) is 26.3. The first-order chi connectivity index (χ1) is 20.4. The maximum Gasteiger partial charge on any atom is 0.308 e. The van der Waals surface area contributed by atoms with Gasteiger partial charge < -0.3 is 14.5 Å². The molecule has 2 aliphatic heterocycles. The van der Waals surface area contributed by atoms with Crippen LogP contribution in [0.3, 0.4) is 0 Å². The second kappa shape index (κ2) is 10.3. The van der Waals surface area contributed by atoms with Crippen LogP contribution in [0.1, 0.15) is 16.6 Å². The number of ether oxygens (including phenoxy) is 1. The summed E-state index contributed by atoms with van der Waals surface area (Å²) >= 11 is 2.13. The van der Waals surface area contributed by atoms with Crippen LogP contribution >= 0.6 is 23.1 Å². The van der Waals surface area contributed by atoms with Gasteiger partial charge in [0.15, 0.2) is 0 Å². The molecule has 42 heavy (non-hydrogen) atoms. The summed E-state index contributed by atoms with van der Waals surface area (Å²) < 4.78 is 12.4. The fraction of sp³-hybridized carbons (Fsp3) is 0.161. The number of carbonyl (C=O) groups is 3. The molecule has 9 nitrogen and oxygen atoms in total. The predicted molar refractivity (Wildman–Crippen MR) is 160 cm³/mol. The number of nitrogens with one attached hydrogen (secondary N) is 1. The third-order valence-electron chi connectivity index (χ3n) is 7.56. The Kier molecular flexibility index (Phi) is 6.47. The average molecular weight is 598 g/mol. The molecule has 3 aromatic carbocycles. The summed E-state index contributed by atoms with van der Waals surface area (Å²) in [6.07, 6.45) is 1.50. The van der Waals surface area contributed by atoms with Crippen molar-refractivity contribution in [3.8, 4) is 5.75 Å². The minimum atomic E-state index is -0.800. The fourth-order valence-electron chi connectivity index (χ4n) is 5.63. The van der Waals surface area contributed by atoms with Gasteiger partial charge in [-0.2, -0.15) is 0 Å². The number of imide groups is 1. The molecule has 11 heteroatoms. The zero-order valence-electron chi connectivity index (χ0n) is 22.2. The molecule has 2 aliphatic rings. The smallest absolute Gasteiger partial charge is 0.308 e. The van der Waals surface area contributed by atoms with Crippen molar-refractivity contribution in [2.45, 2.75) is 22.7 Å². The van der Waals surface area contributed by atoms with Gasteiger partial charge in [-0.15, -0.1) is 0 Å². The number of benzene rings is 3. The van der Waals surface area contributed by atoms with Gasteiger partial charge in [-0.25, -0.2) is 4.90 Å². The van der Waals surface area contributed by atoms with Crippen molar-refractivity contribution in [3.05, 3.63) is 105 Å². The molecule has 0 unspecified atom stereocenters. The quantitative estimate of drug-likeness (QED) is 0.271. The lowest BCUT2D eigenvalue weighted by atomic mass is 9.87. The highest BCUT2D eigenvalue weighted by Crippen LogP contribution is 2.54. The standard InChI is InChI=1S/C31H23N3O6S2/c1-39-21-12-10-20(11-13-21)34-28(36)25-24(22-7-4-14-40-22)27-30(41-26(25)29(34)37)33(31(38)42-27)16-23(35)32-19-9-8-17-5-2-3-6-18(17)15-19/h2-15,24-26H,16H2,1H3,(H,32,35)/t24-,25-,26+/m0/s1. The van der Waals surface area contributed by atoms with Gasteiger partial charge in [0.1, 0.15) is 23.3 Å². The van der Waals surface area contributed by atoms with Gasteiger partial charge in [0.05, 0.1) is 40.8 Å². The van der Waals surface area contributed by atoms with Crippen LogP contribution in [0.5, 0.6) is 5.75 Å². The molecule has 0 saturated carbocycles. The summed E-state index contributed by atoms with van der Waals surface area (Å²) in [6, 6.07) is 23.6. The molecule has 3 amide bonds. The van der Waals surface area contributed by atoms with Crippen LogP contribution in [-0.4, -0.2) is 34.6 Å². The van der Waals surface area contributed by atoms with Crippen LogP contribution in [0.25, 0.3) is 10.8 Å². The molecule has 1 saturated heterocycles. The first-order valence-electron chi connectivity index (χ1n) is 13.2. The number of anilines is 2. The highest BCUT2D eigenvalue weighted by atomic mass is 32.2. The summed E-state index contributed by atoms with van der Waals surface area (Å²) in [5.41, 5.74) is 1.05. The van der Waals surface area contributed by atoms with Crippen molar-refractivity contribution in [1.82, 2.24) is 4.57 Å². The van der Waals surface area contributed by atoms with Crippen molar-refractivity contribution in [2.75, 3.05) is 17.3 Å². The van der Waals surface area contributed by atoms with Crippen molar-refractivity contribution in [1.29, 1.82) is 0 Å². The van der Waals surface area contributed by atoms with E-state index in [-0.39, 0.29) is 29.1 Å². The third kappa shape index (κ3) is 4.32. The molecule has 4 heterocycles. The van der Waals surface area contributed by atoms with Crippen molar-refractivity contribution < 1.29 is 23.5 Å². The van der Waals surface area contributed by atoms with E-state index in [0.717, 1.165) is 33.9 Å². The van der Waals surface area contributed by atoms with Crippen molar-refractivity contribution >= 4 is 63.0 Å². The van der Waals surface area contributed by atoms with Gasteiger partial charge in [-0.05, 0) is 59.3 Å². The Bertz CT molecular complexity index is 1910. The van der Waals surface area contributed by atoms with E-state index in [9.17, 15) is 19.2 Å². The minimum absolute atomic E-state index is 0.239. The van der Waals surface area contributed by atoms with Gasteiger partial charge in [-0.1, -0.05) is 53.4 Å². The Hall–Kier alpha value is -4.61. The number of carbonyl (C=O) groups excluding carboxylic acids is 3. The molecule has 210 valence electrons. The van der Waals surface area contributed by atoms with E-state index in [1.165, 1.54) is 15.7 Å². The number of fused-ring (bicyclic) bond motifs is 3. The SMILES string of the molecule is COc1ccc(N2C(=O)[C@H]3[C@H](c4ccco4)c4sc(=O)n(CC(=O)Nc5ccc6ccccc6c5)c4S[C@H]3C2=O)cc1. The molecule has 7 rings (SSSR count). The van der Waals surface area contributed by atoms with Crippen LogP contribution < -0.4 is 19.8 Å². The minimum Gasteiger partial charge on any atom is -0.497 e. The molecule has 5 aromatic rings. The Labute approximate surface area is 247 Å². The highest BCUT2D eigenvalue weighted by molar-refractivity contribution is 8.00. The molecule has 2 aromatic heterocycles. The Morgan fingerprint density at radius 1 is 0.952 bits per heavy atom. The summed E-state index contributed by atoms with van der Waals surface area (Å²) in [4.78, 5) is 55.5. The van der Waals surface area contributed by atoms with E-state index in [4.69, 9.17) is 9.15 Å². The molecular weight excluding hydrogens is 574 g/mol. The van der Waals surface area contributed by atoms with Crippen LogP contribution in [0.4, 0.5) is 11.4 Å². The summed E-state index contributed by atoms with van der Waals surface area (Å²) in [5.74, 6) is -1.46. The van der Waals surface area contributed by atoms with Crippen molar-refractivity contribution in [3.63, 3.8) is 0 Å². The summed E-state index contributed by atoms with van der Waals surface area (Å²) in [6.45, 7) is -0.239. The number of hydrogen-bond donors (Lipinski definition) is 1. The van der Waals surface area contributed by atoms with Crippen LogP contribution in [0.15, 0.2) is 99.4 Å². The predicted octanol–water partition coefficient (Wildman–Crippen LogP) is 5.10. The number of thiazole rings is 1.